The molecule has 0 saturated heterocycles. The van der Waals surface area contributed by atoms with Crippen molar-refractivity contribution in [3.63, 3.8) is 0 Å². The summed E-state index contributed by atoms with van der Waals surface area (Å²) in [5, 5.41) is 1.72. The van der Waals surface area contributed by atoms with Crippen molar-refractivity contribution < 1.29 is 0 Å². The summed E-state index contributed by atoms with van der Waals surface area (Å²) < 4.78 is 0. The minimum Gasteiger partial charge on any atom is -0.327 e. The fraction of sp³-hybridized carbons (Fsp3) is 0.357. The fourth-order valence-corrected chi connectivity index (χ4v) is 2.69. The lowest BCUT2D eigenvalue weighted by Gasteiger charge is -2.28. The highest BCUT2D eigenvalue weighted by molar-refractivity contribution is 6.01. The van der Waals surface area contributed by atoms with Crippen molar-refractivity contribution in [2.45, 2.75) is 31.8 Å². The van der Waals surface area contributed by atoms with Crippen LogP contribution in [-0.2, 0) is 12.8 Å². The van der Waals surface area contributed by atoms with Crippen molar-refractivity contribution in [3.8, 4) is 0 Å². The number of hydrazine groups is 1. The van der Waals surface area contributed by atoms with E-state index in [9.17, 15) is 0 Å². The summed E-state index contributed by atoms with van der Waals surface area (Å²) in [6, 6.07) is 6.69. The van der Waals surface area contributed by atoms with Crippen LogP contribution in [0, 0.1) is 0 Å². The van der Waals surface area contributed by atoms with Crippen molar-refractivity contribution in [2.75, 3.05) is 0 Å². The van der Waals surface area contributed by atoms with Crippen LogP contribution in [0.3, 0.4) is 0 Å². The average Bonchev–Trinajstić information content (AvgIpc) is 2.73. The van der Waals surface area contributed by atoms with Gasteiger partial charge in [0.2, 0.25) is 0 Å². The Morgan fingerprint density at radius 2 is 2.17 bits per heavy atom. The summed E-state index contributed by atoms with van der Waals surface area (Å²) >= 11 is 0. The van der Waals surface area contributed by atoms with Gasteiger partial charge in [-0.3, -0.25) is 5.01 Å². The number of fused-ring (bicyclic) bond motifs is 1. The molecule has 2 atom stereocenters. The van der Waals surface area contributed by atoms with E-state index >= 15 is 0 Å². The second-order valence-electron chi connectivity index (χ2n) is 5.05. The minimum atomic E-state index is 0.170. The van der Waals surface area contributed by atoms with Crippen molar-refractivity contribution in [2.24, 2.45) is 16.6 Å². The smallest absolute Gasteiger partial charge is 0.150 e. The Bertz CT molecular complexity index is 533. The van der Waals surface area contributed by atoms with E-state index in [1.807, 2.05) is 12.3 Å². The van der Waals surface area contributed by atoms with E-state index in [1.165, 1.54) is 11.1 Å². The first-order valence-electron chi connectivity index (χ1n) is 6.32. The molecule has 4 heteroatoms. The Morgan fingerprint density at radius 1 is 1.33 bits per heavy atom. The van der Waals surface area contributed by atoms with Crippen LogP contribution in [0.5, 0.6) is 0 Å². The van der Waals surface area contributed by atoms with Gasteiger partial charge in [0, 0.05) is 17.8 Å². The number of aliphatic imine (C=N–C) groups is 1. The van der Waals surface area contributed by atoms with Gasteiger partial charge >= 0.3 is 0 Å². The molecule has 0 bridgehead atoms. The molecule has 94 valence electrons. The molecule has 0 amide bonds. The van der Waals surface area contributed by atoms with Gasteiger partial charge in [0.25, 0.3) is 0 Å². The molecule has 4 N–H and O–H groups in total. The fourth-order valence-electron chi connectivity index (χ4n) is 2.69. The Labute approximate surface area is 107 Å². The standard InChI is InChI=1S/C14H18N4/c1-9-5-6-17-14(18(9)16)12-4-2-3-10-7-11(15)8-13(10)12/h2-6,9,11H,7-8,15-16H2,1H3. The first-order chi connectivity index (χ1) is 8.66. The summed E-state index contributed by atoms with van der Waals surface area (Å²) in [4.78, 5) is 4.43. The molecule has 4 nitrogen and oxygen atoms in total. The van der Waals surface area contributed by atoms with E-state index in [2.05, 4.69) is 30.1 Å². The molecule has 0 saturated carbocycles. The van der Waals surface area contributed by atoms with Crippen LogP contribution in [0.25, 0.3) is 0 Å². The average molecular weight is 242 g/mol. The van der Waals surface area contributed by atoms with Crippen LogP contribution in [0.4, 0.5) is 0 Å². The molecule has 0 spiro atoms. The molecular formula is C14H18N4. The van der Waals surface area contributed by atoms with Gasteiger partial charge in [0.15, 0.2) is 5.84 Å². The van der Waals surface area contributed by atoms with Gasteiger partial charge in [-0.05, 0) is 37.0 Å². The Balaban J connectivity index is 2.06. The topological polar surface area (TPSA) is 67.6 Å². The molecule has 1 heterocycles. The number of hydrogen-bond acceptors (Lipinski definition) is 4. The summed E-state index contributed by atoms with van der Waals surface area (Å²) in [5.74, 6) is 6.95. The van der Waals surface area contributed by atoms with Gasteiger partial charge < -0.3 is 5.73 Å². The van der Waals surface area contributed by atoms with Gasteiger partial charge in [-0.1, -0.05) is 18.2 Å². The molecule has 1 aromatic carbocycles. The lowest BCUT2D eigenvalue weighted by molar-refractivity contribution is 0.388. The number of nitrogens with zero attached hydrogens (tertiary/aromatic N) is 2. The molecule has 2 aliphatic rings. The number of amidine groups is 1. The van der Waals surface area contributed by atoms with E-state index in [0.29, 0.717) is 0 Å². The molecule has 2 unspecified atom stereocenters. The summed E-state index contributed by atoms with van der Waals surface area (Å²) in [7, 11) is 0. The van der Waals surface area contributed by atoms with Gasteiger partial charge in [0.1, 0.15) is 0 Å². The normalized spacial score (nSPS) is 26.2. The van der Waals surface area contributed by atoms with Crippen molar-refractivity contribution in [1.82, 2.24) is 5.01 Å². The Hall–Kier alpha value is -1.65. The van der Waals surface area contributed by atoms with Crippen LogP contribution < -0.4 is 11.6 Å². The highest BCUT2D eigenvalue weighted by atomic mass is 15.4. The third kappa shape index (κ3) is 1.74. The van der Waals surface area contributed by atoms with E-state index in [1.54, 1.807) is 5.01 Å². The number of hydrogen-bond donors (Lipinski definition) is 2. The Kier molecular flexibility index (Phi) is 2.69. The number of rotatable bonds is 1. The first-order valence-corrected chi connectivity index (χ1v) is 6.32. The highest BCUT2D eigenvalue weighted by Crippen LogP contribution is 2.26. The van der Waals surface area contributed by atoms with Crippen LogP contribution >= 0.6 is 0 Å². The predicted octanol–water partition coefficient (Wildman–Crippen LogP) is 0.951. The predicted molar refractivity (Wildman–Crippen MR) is 73.0 cm³/mol. The monoisotopic (exact) mass is 242 g/mol. The molecule has 1 aliphatic heterocycles. The summed E-state index contributed by atoms with van der Waals surface area (Å²) in [5.41, 5.74) is 9.81. The zero-order valence-corrected chi connectivity index (χ0v) is 10.5. The van der Waals surface area contributed by atoms with E-state index in [0.717, 1.165) is 24.2 Å². The molecule has 3 rings (SSSR count). The first kappa shape index (κ1) is 11.4. The zero-order valence-electron chi connectivity index (χ0n) is 10.5. The maximum atomic E-state index is 6.10. The van der Waals surface area contributed by atoms with E-state index in [4.69, 9.17) is 11.6 Å². The highest BCUT2D eigenvalue weighted by Gasteiger charge is 2.25. The summed E-state index contributed by atoms with van der Waals surface area (Å²) in [6.07, 6.45) is 5.68. The minimum absolute atomic E-state index is 0.170. The van der Waals surface area contributed by atoms with E-state index in [-0.39, 0.29) is 12.1 Å². The van der Waals surface area contributed by atoms with Crippen LogP contribution in [0.15, 0.2) is 35.5 Å². The largest absolute Gasteiger partial charge is 0.327 e. The molecule has 0 radical (unpaired) electrons. The van der Waals surface area contributed by atoms with Gasteiger partial charge in [-0.15, -0.1) is 0 Å². The molecule has 1 aromatic rings. The maximum Gasteiger partial charge on any atom is 0.150 e. The SMILES string of the molecule is CC1C=CN=C(c2cccc3c2CC(N)C3)N1N. The lowest BCUT2D eigenvalue weighted by atomic mass is 10.0. The van der Waals surface area contributed by atoms with Gasteiger partial charge in [0.05, 0.1) is 6.04 Å². The molecule has 18 heavy (non-hydrogen) atoms. The second-order valence-corrected chi connectivity index (χ2v) is 5.05. The Morgan fingerprint density at radius 3 is 3.00 bits per heavy atom. The number of benzene rings is 1. The molecule has 1 aliphatic carbocycles. The maximum absolute atomic E-state index is 6.10. The zero-order chi connectivity index (χ0) is 12.7. The van der Waals surface area contributed by atoms with Gasteiger partial charge in [-0.25, -0.2) is 10.8 Å². The number of nitrogens with two attached hydrogens (primary N) is 2. The van der Waals surface area contributed by atoms with Gasteiger partial charge in [-0.2, -0.15) is 0 Å². The third-order valence-electron chi connectivity index (χ3n) is 3.71. The molecule has 0 fully saturated rings. The molecular weight excluding hydrogens is 224 g/mol. The van der Waals surface area contributed by atoms with Crippen molar-refractivity contribution >= 4 is 5.84 Å². The van der Waals surface area contributed by atoms with Crippen LogP contribution in [-0.4, -0.2) is 22.9 Å². The second kappa shape index (κ2) is 4.23. The third-order valence-corrected chi connectivity index (χ3v) is 3.71. The van der Waals surface area contributed by atoms with Crippen LogP contribution in [0.1, 0.15) is 23.6 Å². The lowest BCUT2D eigenvalue weighted by Crippen LogP contribution is -2.45. The van der Waals surface area contributed by atoms with Crippen molar-refractivity contribution in [3.05, 3.63) is 47.2 Å². The summed E-state index contributed by atoms with van der Waals surface area (Å²) in [6.45, 7) is 2.06. The van der Waals surface area contributed by atoms with Crippen LogP contribution in [0.2, 0.25) is 0 Å². The molecule has 0 aromatic heterocycles. The van der Waals surface area contributed by atoms with Crippen molar-refractivity contribution in [1.29, 1.82) is 0 Å². The van der Waals surface area contributed by atoms with E-state index < -0.39 is 0 Å². The quantitative estimate of drug-likeness (QED) is 0.720.